The Bertz CT molecular complexity index is 266. The van der Waals surface area contributed by atoms with Gasteiger partial charge in [-0.05, 0) is 12.5 Å². The second-order valence-electron chi connectivity index (χ2n) is 3.07. The fourth-order valence-corrected chi connectivity index (χ4v) is 1.27. The van der Waals surface area contributed by atoms with E-state index in [9.17, 15) is 5.11 Å². The first kappa shape index (κ1) is 8.73. The molecule has 2 heteroatoms. The molecule has 0 saturated heterocycles. The maximum Gasteiger partial charge on any atom is 0.0845 e. The van der Waals surface area contributed by atoms with Crippen molar-refractivity contribution in [2.24, 2.45) is 0 Å². The first-order valence-corrected chi connectivity index (χ1v) is 4.33. The molecule has 0 amide bonds. The molecule has 0 spiro atoms. The lowest BCUT2D eigenvalue weighted by molar-refractivity contribution is 0.0511. The van der Waals surface area contributed by atoms with E-state index in [0.29, 0.717) is 0 Å². The number of ether oxygens (including phenoxy) is 1. The molecule has 2 atom stereocenters. The maximum absolute atomic E-state index is 9.37. The molecule has 72 valence electrons. The fourth-order valence-electron chi connectivity index (χ4n) is 1.27. The van der Waals surface area contributed by atoms with Crippen molar-refractivity contribution in [2.45, 2.75) is 25.5 Å². The van der Waals surface area contributed by atoms with Gasteiger partial charge in [0.05, 0.1) is 13.6 Å². The van der Waals surface area contributed by atoms with Gasteiger partial charge in [0.2, 0.25) is 0 Å². The average molecular weight is 181 g/mol. The number of methoxy groups -OCH3 is 1. The second-order valence-corrected chi connectivity index (χ2v) is 3.07. The van der Waals surface area contributed by atoms with Crippen LogP contribution in [0, 0.1) is 0 Å². The predicted octanol–water partition coefficient (Wildman–Crippen LogP) is 2.14. The Balaban J connectivity index is 2.73. The van der Waals surface area contributed by atoms with E-state index >= 15 is 0 Å². The fraction of sp³-hybridized carbons (Fsp3) is 0.455. The monoisotopic (exact) mass is 181 g/mol. The summed E-state index contributed by atoms with van der Waals surface area (Å²) in [6, 6.07) is 9.62. The molecule has 1 aromatic carbocycles. The zero-order chi connectivity index (χ0) is 10.6. The van der Waals surface area contributed by atoms with E-state index in [-0.39, 0.29) is 12.5 Å². The molecule has 1 rings (SSSR count). The molecular formula is C11H16O2. The van der Waals surface area contributed by atoms with Crippen LogP contribution >= 0.6 is 0 Å². The van der Waals surface area contributed by atoms with Gasteiger partial charge in [0.25, 0.3) is 0 Å². The summed E-state index contributed by atoms with van der Waals surface area (Å²) in [7, 11) is 1.59. The lowest BCUT2D eigenvalue weighted by atomic mass is 10.0. The molecule has 0 aromatic heterocycles. The highest BCUT2D eigenvalue weighted by Gasteiger charge is 2.12. The molecule has 0 heterocycles. The van der Waals surface area contributed by atoms with Crippen LogP contribution in [0.2, 0.25) is 0 Å². The van der Waals surface area contributed by atoms with Crippen molar-refractivity contribution in [3.8, 4) is 0 Å². The molecule has 0 radical (unpaired) electrons. The summed E-state index contributed by atoms with van der Waals surface area (Å²) in [6.07, 6.45) is -1.40. The largest absolute Gasteiger partial charge is 0.393 e. The zero-order valence-corrected chi connectivity index (χ0v) is 8.03. The summed E-state index contributed by atoms with van der Waals surface area (Å²) in [5.41, 5.74) is 0.988. The lowest BCUT2D eigenvalue weighted by Crippen LogP contribution is -2.10. The van der Waals surface area contributed by atoms with Gasteiger partial charge in [-0.2, -0.15) is 0 Å². The van der Waals surface area contributed by atoms with E-state index in [0.717, 1.165) is 5.56 Å². The van der Waals surface area contributed by atoms with Gasteiger partial charge in [0.1, 0.15) is 0 Å². The molecule has 2 nitrogen and oxygen atoms in total. The van der Waals surface area contributed by atoms with Crippen molar-refractivity contribution in [3.05, 3.63) is 35.9 Å². The molecule has 0 aliphatic rings. The molecule has 0 bridgehead atoms. The van der Waals surface area contributed by atoms with Crippen molar-refractivity contribution in [3.63, 3.8) is 0 Å². The van der Waals surface area contributed by atoms with E-state index in [4.69, 9.17) is 6.11 Å². The van der Waals surface area contributed by atoms with Crippen LogP contribution in [-0.4, -0.2) is 18.3 Å². The minimum Gasteiger partial charge on any atom is -0.393 e. The minimum atomic E-state index is -1.45. The van der Waals surface area contributed by atoms with Crippen molar-refractivity contribution < 1.29 is 11.2 Å². The van der Waals surface area contributed by atoms with E-state index in [1.165, 1.54) is 6.92 Å². The molecule has 0 saturated carbocycles. The van der Waals surface area contributed by atoms with Crippen LogP contribution in [0.25, 0.3) is 0 Å². The van der Waals surface area contributed by atoms with Crippen molar-refractivity contribution >= 4 is 0 Å². The van der Waals surface area contributed by atoms with E-state index < -0.39 is 6.08 Å². The molecule has 1 N–H and O–H groups in total. The van der Waals surface area contributed by atoms with E-state index in [1.54, 1.807) is 7.11 Å². The Morgan fingerprint density at radius 2 is 2.08 bits per heavy atom. The normalized spacial score (nSPS) is 18.8. The van der Waals surface area contributed by atoms with Crippen molar-refractivity contribution in [1.29, 1.82) is 0 Å². The van der Waals surface area contributed by atoms with Gasteiger partial charge >= 0.3 is 0 Å². The van der Waals surface area contributed by atoms with Crippen LogP contribution in [0.3, 0.4) is 0 Å². The second kappa shape index (κ2) is 5.00. The summed E-state index contributed by atoms with van der Waals surface area (Å²) in [6.45, 7) is 1.46. The summed E-state index contributed by atoms with van der Waals surface area (Å²) in [5.74, 6) is 0. The number of rotatable bonds is 4. The van der Waals surface area contributed by atoms with Gasteiger partial charge in [0, 0.05) is 13.5 Å². The first-order chi connectivity index (χ1) is 6.53. The minimum absolute atomic E-state index is 0.219. The molecule has 0 aliphatic heterocycles. The Labute approximate surface area is 80.6 Å². The van der Waals surface area contributed by atoms with Gasteiger partial charge in [0.15, 0.2) is 0 Å². The van der Waals surface area contributed by atoms with Crippen LogP contribution < -0.4 is 0 Å². The van der Waals surface area contributed by atoms with Gasteiger partial charge in [-0.3, -0.25) is 0 Å². The van der Waals surface area contributed by atoms with Crippen LogP contribution in [0.5, 0.6) is 0 Å². The van der Waals surface area contributed by atoms with Crippen LogP contribution in [0.15, 0.2) is 30.3 Å². The molecular weight excluding hydrogens is 164 g/mol. The summed E-state index contributed by atoms with van der Waals surface area (Å²) < 4.78 is 12.6. The third-order valence-corrected chi connectivity index (χ3v) is 1.94. The Hall–Kier alpha value is -0.860. The summed E-state index contributed by atoms with van der Waals surface area (Å²) in [4.78, 5) is 0. The number of hydrogen-bond donors (Lipinski definition) is 1. The molecule has 0 unspecified atom stereocenters. The van der Waals surface area contributed by atoms with E-state index in [1.807, 2.05) is 30.3 Å². The number of benzene rings is 1. The van der Waals surface area contributed by atoms with Crippen LogP contribution in [0.4, 0.5) is 0 Å². The average Bonchev–Trinajstić information content (AvgIpc) is 2.14. The summed E-state index contributed by atoms with van der Waals surface area (Å²) >= 11 is 0. The smallest absolute Gasteiger partial charge is 0.0845 e. The standard InChI is InChI=1S/C11H16O2/c1-9(12)8-11(13-2)10-6-4-3-5-7-10/h3-7,9,11-12H,8H2,1-2H3/t9-,11+/m1/s1/i9D. The van der Waals surface area contributed by atoms with Gasteiger partial charge in [-0.15, -0.1) is 0 Å². The highest BCUT2D eigenvalue weighted by atomic mass is 16.5. The Morgan fingerprint density at radius 3 is 2.54 bits per heavy atom. The highest BCUT2D eigenvalue weighted by Crippen LogP contribution is 2.21. The molecule has 0 aliphatic carbocycles. The Morgan fingerprint density at radius 1 is 1.46 bits per heavy atom. The number of aliphatic hydroxyl groups is 1. The quantitative estimate of drug-likeness (QED) is 0.771. The zero-order valence-electron chi connectivity index (χ0n) is 9.03. The van der Waals surface area contributed by atoms with Gasteiger partial charge in [-0.25, -0.2) is 0 Å². The molecule has 13 heavy (non-hydrogen) atoms. The first-order valence-electron chi connectivity index (χ1n) is 4.83. The third-order valence-electron chi connectivity index (χ3n) is 1.94. The number of hydrogen-bond acceptors (Lipinski definition) is 2. The topological polar surface area (TPSA) is 29.5 Å². The van der Waals surface area contributed by atoms with Crippen molar-refractivity contribution in [2.75, 3.05) is 7.11 Å². The third kappa shape index (κ3) is 3.17. The highest BCUT2D eigenvalue weighted by molar-refractivity contribution is 5.17. The summed E-state index contributed by atoms with van der Waals surface area (Å²) in [5, 5.41) is 9.37. The Kier molecular flexibility index (Phi) is 3.35. The van der Waals surface area contributed by atoms with E-state index in [2.05, 4.69) is 0 Å². The molecule has 1 aromatic rings. The van der Waals surface area contributed by atoms with Crippen LogP contribution in [-0.2, 0) is 4.74 Å². The molecule has 0 fully saturated rings. The van der Waals surface area contributed by atoms with Gasteiger partial charge < -0.3 is 9.84 Å². The predicted molar refractivity (Wildman–Crippen MR) is 52.5 cm³/mol. The van der Waals surface area contributed by atoms with Crippen LogP contribution in [0.1, 0.15) is 26.4 Å². The lowest BCUT2D eigenvalue weighted by Gasteiger charge is -2.16. The SMILES string of the molecule is [2H][C@](C)(O)C[C@H](OC)c1ccccc1. The van der Waals surface area contributed by atoms with Crippen molar-refractivity contribution in [1.82, 2.24) is 0 Å². The van der Waals surface area contributed by atoms with Gasteiger partial charge in [-0.1, -0.05) is 30.3 Å². The maximum atomic E-state index is 9.37.